The van der Waals surface area contributed by atoms with Crippen molar-refractivity contribution >= 4 is 16.3 Å². The second kappa shape index (κ2) is 6.19. The highest BCUT2D eigenvalue weighted by molar-refractivity contribution is 7.85. The highest BCUT2D eigenvalue weighted by atomic mass is 32.2. The van der Waals surface area contributed by atoms with Gasteiger partial charge in [-0.15, -0.1) is 0 Å². The Morgan fingerprint density at radius 3 is 2.75 bits per heavy atom. The van der Waals surface area contributed by atoms with Crippen LogP contribution in [0.15, 0.2) is 29.7 Å². The number of oxime groups is 1. The predicted octanol–water partition coefficient (Wildman–Crippen LogP) is 0.710. The van der Waals surface area contributed by atoms with Crippen molar-refractivity contribution < 1.29 is 17.8 Å². The summed E-state index contributed by atoms with van der Waals surface area (Å²) in [5.74, 6) is -0.322. The molecule has 1 heterocycles. The second-order valence-electron chi connectivity index (χ2n) is 2.99. The van der Waals surface area contributed by atoms with Crippen molar-refractivity contribution in [2.75, 3.05) is 12.4 Å². The monoisotopic (exact) mass is 244 g/mol. The molecule has 0 saturated heterocycles. The van der Waals surface area contributed by atoms with E-state index in [2.05, 4.69) is 10.1 Å². The number of rotatable bonds is 6. The molecule has 1 N–H and O–H groups in total. The summed E-state index contributed by atoms with van der Waals surface area (Å²) in [5, 5.41) is 3.63. The van der Waals surface area contributed by atoms with Gasteiger partial charge < -0.3 is 4.84 Å². The summed E-state index contributed by atoms with van der Waals surface area (Å²) in [6, 6.07) is 3.51. The number of hydrogen-bond donors (Lipinski definition) is 1. The van der Waals surface area contributed by atoms with Gasteiger partial charge in [-0.05, 0) is 17.7 Å². The Bertz CT molecular complexity index is 430. The first-order valence-corrected chi connectivity index (χ1v) is 6.19. The number of hydrogen-bond acceptors (Lipinski definition) is 5. The van der Waals surface area contributed by atoms with Crippen LogP contribution in [0.2, 0.25) is 0 Å². The van der Waals surface area contributed by atoms with Gasteiger partial charge in [-0.2, -0.15) is 8.42 Å². The van der Waals surface area contributed by atoms with E-state index in [1.165, 1.54) is 6.21 Å². The first-order valence-electron chi connectivity index (χ1n) is 4.58. The van der Waals surface area contributed by atoms with Crippen LogP contribution in [-0.4, -0.2) is 36.5 Å². The molecule has 16 heavy (non-hydrogen) atoms. The van der Waals surface area contributed by atoms with E-state index in [4.69, 9.17) is 9.39 Å². The summed E-state index contributed by atoms with van der Waals surface area (Å²) in [6.45, 7) is 0.140. The van der Waals surface area contributed by atoms with Crippen LogP contribution in [0.3, 0.4) is 0 Å². The van der Waals surface area contributed by atoms with E-state index in [-0.39, 0.29) is 18.8 Å². The maximum Gasteiger partial charge on any atom is 0.264 e. The quantitative estimate of drug-likeness (QED) is 0.344. The molecular formula is C9H12N2O4S. The summed E-state index contributed by atoms with van der Waals surface area (Å²) >= 11 is 0. The zero-order valence-electron chi connectivity index (χ0n) is 8.48. The van der Waals surface area contributed by atoms with E-state index in [9.17, 15) is 8.42 Å². The Kier molecular flexibility index (Phi) is 4.87. The van der Waals surface area contributed by atoms with Crippen molar-refractivity contribution in [3.8, 4) is 0 Å². The van der Waals surface area contributed by atoms with Gasteiger partial charge in [-0.1, -0.05) is 5.16 Å². The van der Waals surface area contributed by atoms with Crippen LogP contribution in [0.4, 0.5) is 0 Å². The minimum absolute atomic E-state index is 0.140. The van der Waals surface area contributed by atoms with Crippen LogP contribution in [0.5, 0.6) is 0 Å². The van der Waals surface area contributed by atoms with Crippen molar-refractivity contribution in [2.24, 2.45) is 5.16 Å². The van der Waals surface area contributed by atoms with Crippen LogP contribution < -0.4 is 0 Å². The Hall–Kier alpha value is -1.47. The Balaban J connectivity index is 2.19. The zero-order chi connectivity index (χ0) is 11.9. The fourth-order valence-corrected chi connectivity index (χ4v) is 1.39. The Morgan fingerprint density at radius 2 is 2.12 bits per heavy atom. The van der Waals surface area contributed by atoms with Crippen LogP contribution in [0.1, 0.15) is 12.0 Å². The molecule has 0 aliphatic carbocycles. The third kappa shape index (κ3) is 6.10. The van der Waals surface area contributed by atoms with Gasteiger partial charge in [0, 0.05) is 18.8 Å². The first-order chi connectivity index (χ1) is 7.58. The maximum atomic E-state index is 10.3. The molecule has 88 valence electrons. The van der Waals surface area contributed by atoms with Crippen LogP contribution in [0, 0.1) is 0 Å². The molecule has 0 saturated carbocycles. The highest BCUT2D eigenvalue weighted by Gasteiger charge is 2.02. The lowest BCUT2D eigenvalue weighted by molar-refractivity contribution is 0.146. The predicted molar refractivity (Wildman–Crippen MR) is 58.8 cm³/mol. The SMILES string of the molecule is O=S(=O)(O)CCCO/N=C/c1ccncc1. The maximum absolute atomic E-state index is 10.3. The minimum Gasteiger partial charge on any atom is -0.396 e. The minimum atomic E-state index is -3.90. The smallest absolute Gasteiger partial charge is 0.264 e. The summed E-state index contributed by atoms with van der Waals surface area (Å²) in [5.41, 5.74) is 0.838. The zero-order valence-corrected chi connectivity index (χ0v) is 9.30. The van der Waals surface area contributed by atoms with Gasteiger partial charge in [0.25, 0.3) is 10.1 Å². The van der Waals surface area contributed by atoms with Gasteiger partial charge >= 0.3 is 0 Å². The lowest BCUT2D eigenvalue weighted by atomic mass is 10.3. The van der Waals surface area contributed by atoms with Crippen LogP contribution in [-0.2, 0) is 15.0 Å². The van der Waals surface area contributed by atoms with Crippen molar-refractivity contribution in [3.63, 3.8) is 0 Å². The van der Waals surface area contributed by atoms with Gasteiger partial charge in [0.05, 0.1) is 12.0 Å². The van der Waals surface area contributed by atoms with Gasteiger partial charge in [0.15, 0.2) is 0 Å². The molecule has 0 fully saturated rings. The Labute approximate surface area is 93.7 Å². The molecular weight excluding hydrogens is 232 g/mol. The van der Waals surface area contributed by atoms with E-state index in [1.807, 2.05) is 0 Å². The third-order valence-electron chi connectivity index (χ3n) is 1.62. The number of pyridine rings is 1. The normalized spacial score (nSPS) is 11.8. The highest BCUT2D eigenvalue weighted by Crippen LogP contribution is 1.93. The van der Waals surface area contributed by atoms with E-state index in [0.717, 1.165) is 5.56 Å². The molecule has 0 amide bonds. The summed E-state index contributed by atoms with van der Waals surface area (Å²) in [4.78, 5) is 8.64. The van der Waals surface area contributed by atoms with Gasteiger partial charge in [0.1, 0.15) is 6.61 Å². The molecule has 0 spiro atoms. The molecule has 1 aromatic heterocycles. The fraction of sp³-hybridized carbons (Fsp3) is 0.333. The van der Waals surface area contributed by atoms with E-state index < -0.39 is 10.1 Å². The molecule has 0 bridgehead atoms. The van der Waals surface area contributed by atoms with Crippen molar-refractivity contribution in [1.82, 2.24) is 4.98 Å². The Morgan fingerprint density at radius 1 is 1.44 bits per heavy atom. The van der Waals surface area contributed by atoms with E-state index in [1.54, 1.807) is 24.5 Å². The molecule has 1 rings (SSSR count). The topological polar surface area (TPSA) is 88.9 Å². The largest absolute Gasteiger partial charge is 0.396 e. The van der Waals surface area contributed by atoms with Crippen molar-refractivity contribution in [2.45, 2.75) is 6.42 Å². The van der Waals surface area contributed by atoms with Gasteiger partial charge in [-0.3, -0.25) is 9.54 Å². The number of aromatic nitrogens is 1. The number of nitrogens with zero attached hydrogens (tertiary/aromatic N) is 2. The van der Waals surface area contributed by atoms with Gasteiger partial charge in [0.2, 0.25) is 0 Å². The molecule has 7 heteroatoms. The standard InChI is InChI=1S/C9H12N2O4S/c12-16(13,14)7-1-6-15-11-8-9-2-4-10-5-3-9/h2-5,8H,1,6-7H2,(H,12,13,14)/b11-8+. The molecule has 0 unspecified atom stereocenters. The average molecular weight is 244 g/mol. The molecule has 0 aromatic carbocycles. The molecule has 0 aliphatic heterocycles. The van der Waals surface area contributed by atoms with E-state index >= 15 is 0 Å². The van der Waals surface area contributed by atoms with Crippen LogP contribution >= 0.6 is 0 Å². The average Bonchev–Trinajstić information content (AvgIpc) is 2.23. The van der Waals surface area contributed by atoms with Gasteiger partial charge in [-0.25, -0.2) is 0 Å². The lowest BCUT2D eigenvalue weighted by Crippen LogP contribution is -2.06. The third-order valence-corrected chi connectivity index (χ3v) is 2.42. The molecule has 0 atom stereocenters. The van der Waals surface area contributed by atoms with E-state index in [0.29, 0.717) is 0 Å². The molecule has 0 aliphatic rings. The molecule has 1 aromatic rings. The summed E-state index contributed by atoms with van der Waals surface area (Å²) in [7, 11) is -3.90. The van der Waals surface area contributed by atoms with Crippen LogP contribution in [0.25, 0.3) is 0 Å². The molecule has 0 radical (unpaired) electrons. The second-order valence-corrected chi connectivity index (χ2v) is 4.56. The van der Waals surface area contributed by atoms with Crippen molar-refractivity contribution in [1.29, 1.82) is 0 Å². The van der Waals surface area contributed by atoms with Crippen molar-refractivity contribution in [3.05, 3.63) is 30.1 Å². The fourth-order valence-electron chi connectivity index (χ4n) is 0.906. The summed E-state index contributed by atoms with van der Waals surface area (Å²) in [6.07, 6.45) is 4.95. The first kappa shape index (κ1) is 12.6. The lowest BCUT2D eigenvalue weighted by Gasteiger charge is -1.97. The molecule has 6 nitrogen and oxygen atoms in total. The summed E-state index contributed by atoms with van der Waals surface area (Å²) < 4.78 is 29.1.